The number of amides is 1. The van der Waals surface area contributed by atoms with Crippen molar-refractivity contribution >= 4 is 21.6 Å². The minimum absolute atomic E-state index is 0.207. The molecule has 0 aliphatic carbocycles. The first kappa shape index (κ1) is 16.2. The fraction of sp³-hybridized carbons (Fsp3) is 0.188. The van der Waals surface area contributed by atoms with Gasteiger partial charge in [0.2, 0.25) is 10.0 Å². The number of sulfonamides is 1. The summed E-state index contributed by atoms with van der Waals surface area (Å²) in [7, 11) is -3.55. The van der Waals surface area contributed by atoms with E-state index in [1.54, 1.807) is 36.4 Å². The zero-order valence-corrected chi connectivity index (χ0v) is 13.1. The van der Waals surface area contributed by atoms with E-state index in [1.165, 1.54) is 5.56 Å². The van der Waals surface area contributed by atoms with E-state index in [2.05, 4.69) is 12.2 Å². The van der Waals surface area contributed by atoms with Crippen LogP contribution in [0.15, 0.2) is 48.5 Å². The summed E-state index contributed by atoms with van der Waals surface area (Å²) in [6.07, 6.45) is 0.924. The van der Waals surface area contributed by atoms with E-state index in [4.69, 9.17) is 5.14 Å². The van der Waals surface area contributed by atoms with Crippen molar-refractivity contribution < 1.29 is 13.2 Å². The predicted molar refractivity (Wildman–Crippen MR) is 87.0 cm³/mol. The summed E-state index contributed by atoms with van der Waals surface area (Å²) < 4.78 is 22.0. The lowest BCUT2D eigenvalue weighted by Crippen LogP contribution is -2.15. The second-order valence-corrected chi connectivity index (χ2v) is 6.62. The van der Waals surface area contributed by atoms with Crippen LogP contribution in [0.4, 0.5) is 5.69 Å². The van der Waals surface area contributed by atoms with Crippen LogP contribution in [0.1, 0.15) is 28.4 Å². The SMILES string of the molecule is CCc1ccc(C(=O)Nc2ccc(CS(N)(=O)=O)cc2)cc1. The molecule has 5 nitrogen and oxygen atoms in total. The summed E-state index contributed by atoms with van der Waals surface area (Å²) in [6.45, 7) is 2.05. The number of rotatable bonds is 5. The summed E-state index contributed by atoms with van der Waals surface area (Å²) in [5, 5.41) is 7.75. The fourth-order valence-electron chi connectivity index (χ4n) is 2.01. The average molecular weight is 318 g/mol. The number of primary sulfonamides is 1. The van der Waals surface area contributed by atoms with Gasteiger partial charge in [-0.15, -0.1) is 0 Å². The smallest absolute Gasteiger partial charge is 0.255 e. The molecule has 0 fully saturated rings. The van der Waals surface area contributed by atoms with Crippen molar-refractivity contribution in [1.82, 2.24) is 0 Å². The molecule has 0 aliphatic heterocycles. The van der Waals surface area contributed by atoms with Crippen LogP contribution in [0.5, 0.6) is 0 Å². The molecule has 0 saturated heterocycles. The summed E-state index contributed by atoms with van der Waals surface area (Å²) in [4.78, 5) is 12.1. The minimum atomic E-state index is -3.55. The lowest BCUT2D eigenvalue weighted by Gasteiger charge is -2.07. The highest BCUT2D eigenvalue weighted by atomic mass is 32.2. The van der Waals surface area contributed by atoms with Crippen molar-refractivity contribution in [2.75, 3.05) is 5.32 Å². The molecular formula is C16H18N2O3S. The first-order valence-electron chi connectivity index (χ1n) is 6.87. The van der Waals surface area contributed by atoms with Crippen molar-refractivity contribution in [3.8, 4) is 0 Å². The number of benzene rings is 2. The molecule has 0 atom stereocenters. The van der Waals surface area contributed by atoms with Crippen LogP contribution < -0.4 is 10.5 Å². The number of anilines is 1. The van der Waals surface area contributed by atoms with Gasteiger partial charge in [0.25, 0.3) is 5.91 Å². The molecule has 3 N–H and O–H groups in total. The Morgan fingerprint density at radius 3 is 2.05 bits per heavy atom. The van der Waals surface area contributed by atoms with Gasteiger partial charge in [0.15, 0.2) is 0 Å². The average Bonchev–Trinajstić information content (AvgIpc) is 2.48. The van der Waals surface area contributed by atoms with Crippen LogP contribution in [-0.2, 0) is 22.2 Å². The lowest BCUT2D eigenvalue weighted by atomic mass is 10.1. The summed E-state index contributed by atoms with van der Waals surface area (Å²) in [6, 6.07) is 14.0. The Morgan fingerprint density at radius 1 is 1.00 bits per heavy atom. The molecule has 2 aromatic rings. The van der Waals surface area contributed by atoms with Gasteiger partial charge in [-0.05, 0) is 41.8 Å². The third-order valence-electron chi connectivity index (χ3n) is 3.20. The zero-order chi connectivity index (χ0) is 16.2. The molecular weight excluding hydrogens is 300 g/mol. The van der Waals surface area contributed by atoms with E-state index in [9.17, 15) is 13.2 Å². The molecule has 0 aliphatic rings. The Balaban J connectivity index is 2.05. The number of carbonyl (C=O) groups is 1. The van der Waals surface area contributed by atoms with Gasteiger partial charge in [-0.2, -0.15) is 0 Å². The van der Waals surface area contributed by atoms with E-state index in [0.29, 0.717) is 16.8 Å². The summed E-state index contributed by atoms with van der Waals surface area (Å²) >= 11 is 0. The van der Waals surface area contributed by atoms with Crippen molar-refractivity contribution in [2.24, 2.45) is 5.14 Å². The molecule has 1 amide bonds. The topological polar surface area (TPSA) is 89.3 Å². The van der Waals surface area contributed by atoms with Crippen LogP contribution in [0.3, 0.4) is 0 Å². The number of carbonyl (C=O) groups excluding carboxylic acids is 1. The molecule has 116 valence electrons. The fourth-order valence-corrected chi connectivity index (χ4v) is 2.67. The molecule has 22 heavy (non-hydrogen) atoms. The molecule has 0 unspecified atom stereocenters. The van der Waals surface area contributed by atoms with E-state index < -0.39 is 10.0 Å². The Labute approximate surface area is 130 Å². The third-order valence-corrected chi connectivity index (χ3v) is 3.94. The monoisotopic (exact) mass is 318 g/mol. The molecule has 0 heterocycles. The molecule has 2 rings (SSSR count). The van der Waals surface area contributed by atoms with Gasteiger partial charge in [0.05, 0.1) is 5.75 Å². The second kappa shape index (κ2) is 6.72. The van der Waals surface area contributed by atoms with Crippen molar-refractivity contribution in [1.29, 1.82) is 0 Å². The van der Waals surface area contributed by atoms with Gasteiger partial charge in [0.1, 0.15) is 0 Å². The van der Waals surface area contributed by atoms with Gasteiger partial charge in [0, 0.05) is 11.3 Å². The Morgan fingerprint density at radius 2 is 1.55 bits per heavy atom. The van der Waals surface area contributed by atoms with Gasteiger partial charge in [-0.1, -0.05) is 31.2 Å². The number of nitrogens with two attached hydrogens (primary N) is 1. The van der Waals surface area contributed by atoms with E-state index >= 15 is 0 Å². The minimum Gasteiger partial charge on any atom is -0.322 e. The molecule has 6 heteroatoms. The molecule has 0 spiro atoms. The molecule has 0 saturated carbocycles. The molecule has 0 bridgehead atoms. The maximum absolute atomic E-state index is 12.1. The largest absolute Gasteiger partial charge is 0.322 e. The number of hydrogen-bond acceptors (Lipinski definition) is 3. The maximum Gasteiger partial charge on any atom is 0.255 e. The van der Waals surface area contributed by atoms with Crippen LogP contribution in [0.2, 0.25) is 0 Å². The Hall–Kier alpha value is -2.18. The van der Waals surface area contributed by atoms with Gasteiger partial charge in [-0.3, -0.25) is 4.79 Å². The zero-order valence-electron chi connectivity index (χ0n) is 12.2. The Bertz CT molecular complexity index is 751. The predicted octanol–water partition coefficient (Wildman–Crippen LogP) is 2.29. The van der Waals surface area contributed by atoms with Crippen molar-refractivity contribution in [2.45, 2.75) is 19.1 Å². The summed E-state index contributed by atoms with van der Waals surface area (Å²) in [5.41, 5.74) is 2.92. The van der Waals surface area contributed by atoms with E-state index in [0.717, 1.165) is 6.42 Å². The second-order valence-electron chi connectivity index (χ2n) is 5.01. The first-order chi connectivity index (χ1) is 10.4. The first-order valence-corrected chi connectivity index (χ1v) is 8.58. The quantitative estimate of drug-likeness (QED) is 0.886. The highest BCUT2D eigenvalue weighted by molar-refractivity contribution is 7.88. The third kappa shape index (κ3) is 4.68. The summed E-state index contributed by atoms with van der Waals surface area (Å²) in [5.74, 6) is -0.429. The number of nitrogens with one attached hydrogen (secondary N) is 1. The molecule has 0 aromatic heterocycles. The van der Waals surface area contributed by atoms with Gasteiger partial charge < -0.3 is 5.32 Å². The van der Waals surface area contributed by atoms with Crippen molar-refractivity contribution in [3.05, 3.63) is 65.2 Å². The molecule has 2 aromatic carbocycles. The van der Waals surface area contributed by atoms with E-state index in [-0.39, 0.29) is 11.7 Å². The van der Waals surface area contributed by atoms with Crippen LogP contribution in [0, 0.1) is 0 Å². The lowest BCUT2D eigenvalue weighted by molar-refractivity contribution is 0.102. The number of aryl methyl sites for hydroxylation is 1. The van der Waals surface area contributed by atoms with E-state index in [1.807, 2.05) is 12.1 Å². The van der Waals surface area contributed by atoms with Gasteiger partial charge >= 0.3 is 0 Å². The standard InChI is InChI=1S/C16H18N2O3S/c1-2-12-3-7-14(8-4-12)16(19)18-15-9-5-13(6-10-15)11-22(17,20)21/h3-10H,2,11H2,1H3,(H,18,19)(H2,17,20,21). The van der Waals surface area contributed by atoms with Gasteiger partial charge in [-0.25, -0.2) is 13.6 Å². The highest BCUT2D eigenvalue weighted by Crippen LogP contribution is 2.13. The number of hydrogen-bond donors (Lipinski definition) is 2. The van der Waals surface area contributed by atoms with Crippen LogP contribution in [-0.4, -0.2) is 14.3 Å². The highest BCUT2D eigenvalue weighted by Gasteiger charge is 2.07. The van der Waals surface area contributed by atoms with Crippen molar-refractivity contribution in [3.63, 3.8) is 0 Å². The molecule has 0 radical (unpaired) electrons. The van der Waals surface area contributed by atoms with Crippen LogP contribution >= 0.6 is 0 Å². The Kier molecular flexibility index (Phi) is 4.95. The van der Waals surface area contributed by atoms with Crippen LogP contribution in [0.25, 0.3) is 0 Å². The normalized spacial score (nSPS) is 11.2. The maximum atomic E-state index is 12.1.